The van der Waals surface area contributed by atoms with Gasteiger partial charge in [-0.3, -0.25) is 0 Å². The number of benzene rings is 3. The summed E-state index contributed by atoms with van der Waals surface area (Å²) in [7, 11) is 0. The Morgan fingerprint density at radius 3 is 1.53 bits per heavy atom. The molecule has 0 bridgehead atoms. The molecule has 3 rings (SSSR count). The molecule has 0 aliphatic heterocycles. The maximum Gasteiger partial charge on any atom is 0.123 e. The van der Waals surface area contributed by atoms with Crippen LogP contribution >= 0.6 is 0 Å². The minimum Gasteiger partial charge on any atom is -0.490 e. The van der Waals surface area contributed by atoms with Crippen molar-refractivity contribution in [3.63, 3.8) is 0 Å². The molecular formula is C34H42F2O2. The van der Waals surface area contributed by atoms with Crippen molar-refractivity contribution in [2.45, 2.75) is 52.7 Å². The van der Waals surface area contributed by atoms with Crippen molar-refractivity contribution in [1.82, 2.24) is 0 Å². The van der Waals surface area contributed by atoms with Crippen molar-refractivity contribution in [3.8, 4) is 5.75 Å². The Bertz CT molecular complexity index is 1080. The first-order valence-electron chi connectivity index (χ1n) is 13.3. The van der Waals surface area contributed by atoms with Crippen molar-refractivity contribution in [3.05, 3.63) is 127 Å². The lowest BCUT2D eigenvalue weighted by Gasteiger charge is -2.29. The maximum absolute atomic E-state index is 13.0. The molecule has 204 valence electrons. The molecule has 0 aromatic heterocycles. The average Bonchev–Trinajstić information content (AvgIpc) is 2.91. The number of hydrogen-bond donors (Lipinski definition) is 1. The summed E-state index contributed by atoms with van der Waals surface area (Å²) in [5, 5.41) is 9.96. The number of para-hydroxylation sites is 1. The van der Waals surface area contributed by atoms with E-state index in [9.17, 15) is 13.9 Å². The number of rotatable bonds is 12. The summed E-state index contributed by atoms with van der Waals surface area (Å²) >= 11 is 0. The molecule has 38 heavy (non-hydrogen) atoms. The molecule has 0 amide bonds. The van der Waals surface area contributed by atoms with Crippen LogP contribution in [0.4, 0.5) is 8.78 Å². The first kappa shape index (κ1) is 31.0. The Balaban J connectivity index is 0.000000281. The smallest absolute Gasteiger partial charge is 0.123 e. The zero-order valence-electron chi connectivity index (χ0n) is 23.1. The second kappa shape index (κ2) is 15.9. The number of hydrogen-bond acceptors (Lipinski definition) is 2. The van der Waals surface area contributed by atoms with Crippen LogP contribution in [0.2, 0.25) is 0 Å². The van der Waals surface area contributed by atoms with Crippen LogP contribution in [0.1, 0.15) is 38.8 Å². The summed E-state index contributed by atoms with van der Waals surface area (Å²) in [4.78, 5) is 0. The second-order valence-corrected chi connectivity index (χ2v) is 10.3. The van der Waals surface area contributed by atoms with Gasteiger partial charge in [0.1, 0.15) is 23.5 Å². The number of ether oxygens (including phenoxy) is 1. The van der Waals surface area contributed by atoms with Crippen LogP contribution < -0.4 is 4.74 Å². The van der Waals surface area contributed by atoms with E-state index in [1.807, 2.05) is 62.4 Å². The molecular weight excluding hydrogens is 478 g/mol. The van der Waals surface area contributed by atoms with Gasteiger partial charge in [0.25, 0.3) is 0 Å². The van der Waals surface area contributed by atoms with Crippen molar-refractivity contribution in [2.75, 3.05) is 0 Å². The van der Waals surface area contributed by atoms with E-state index in [0.717, 1.165) is 23.3 Å². The van der Waals surface area contributed by atoms with Crippen LogP contribution in [0, 0.1) is 35.3 Å². The van der Waals surface area contributed by atoms with Crippen LogP contribution in [0.5, 0.6) is 5.75 Å². The quantitative estimate of drug-likeness (QED) is 0.243. The third-order valence-corrected chi connectivity index (χ3v) is 6.59. The van der Waals surface area contributed by atoms with Crippen LogP contribution in [0.15, 0.2) is 104 Å². The van der Waals surface area contributed by atoms with Crippen LogP contribution in [0.3, 0.4) is 0 Å². The van der Waals surface area contributed by atoms with Crippen molar-refractivity contribution < 1.29 is 18.6 Å². The van der Waals surface area contributed by atoms with Crippen molar-refractivity contribution in [2.24, 2.45) is 23.7 Å². The van der Waals surface area contributed by atoms with E-state index in [1.54, 1.807) is 18.2 Å². The largest absolute Gasteiger partial charge is 0.490 e. The molecule has 1 N–H and O–H groups in total. The Kier molecular flexibility index (Phi) is 12.9. The van der Waals surface area contributed by atoms with Gasteiger partial charge >= 0.3 is 0 Å². The van der Waals surface area contributed by atoms with Gasteiger partial charge in [0.15, 0.2) is 0 Å². The summed E-state index contributed by atoms with van der Waals surface area (Å²) in [6, 6.07) is 22.9. The highest BCUT2D eigenvalue weighted by atomic mass is 19.1. The van der Waals surface area contributed by atoms with E-state index in [2.05, 4.69) is 27.0 Å². The lowest BCUT2D eigenvalue weighted by atomic mass is 9.88. The number of aliphatic hydroxyl groups is 1. The van der Waals surface area contributed by atoms with Gasteiger partial charge in [0.05, 0.1) is 6.10 Å². The normalized spacial score (nSPS) is 14.1. The fourth-order valence-corrected chi connectivity index (χ4v) is 4.33. The van der Waals surface area contributed by atoms with E-state index in [4.69, 9.17) is 4.74 Å². The van der Waals surface area contributed by atoms with Gasteiger partial charge in [-0.2, -0.15) is 0 Å². The zero-order chi connectivity index (χ0) is 28.1. The summed E-state index contributed by atoms with van der Waals surface area (Å²) in [6.07, 6.45) is 4.83. The topological polar surface area (TPSA) is 29.5 Å². The lowest BCUT2D eigenvalue weighted by molar-refractivity contribution is 0.0843. The van der Waals surface area contributed by atoms with Crippen molar-refractivity contribution >= 4 is 0 Å². The molecule has 0 saturated heterocycles. The first-order chi connectivity index (χ1) is 18.1. The predicted octanol–water partition coefficient (Wildman–Crippen LogP) is 8.46. The van der Waals surface area contributed by atoms with Gasteiger partial charge < -0.3 is 9.84 Å². The van der Waals surface area contributed by atoms with Gasteiger partial charge in [-0.1, -0.05) is 82.3 Å². The number of halogens is 2. The molecule has 0 fully saturated rings. The highest BCUT2D eigenvalue weighted by molar-refractivity contribution is 5.23. The molecule has 0 radical (unpaired) electrons. The van der Waals surface area contributed by atoms with Gasteiger partial charge in [0, 0.05) is 11.8 Å². The third kappa shape index (κ3) is 10.3. The summed E-state index contributed by atoms with van der Waals surface area (Å²) in [6.45, 7) is 16.0. The standard InChI is InChI=1S/C20H23FO.C14H19FO/c1-4-17(14-16-10-12-18(21)13-11-16)20(15(2)3)22-19-8-6-5-7-9-19;1-4-12(14(16)10(2)3)9-11-5-7-13(15)8-6-11/h4-13,15,17,20H,1,14H2,2-3H3;4-8,10,12,14,16H,1,9H2,2-3H3/t17-,20+;12-,14+/m11/s1. The second-order valence-electron chi connectivity index (χ2n) is 10.3. The molecule has 4 heteroatoms. The number of aliphatic hydroxyl groups excluding tert-OH is 1. The predicted molar refractivity (Wildman–Crippen MR) is 154 cm³/mol. The zero-order valence-corrected chi connectivity index (χ0v) is 23.1. The van der Waals surface area contributed by atoms with Crippen molar-refractivity contribution in [1.29, 1.82) is 0 Å². The van der Waals surface area contributed by atoms with E-state index in [0.29, 0.717) is 12.3 Å². The molecule has 2 nitrogen and oxygen atoms in total. The molecule has 0 saturated carbocycles. The minimum absolute atomic E-state index is 0.0189. The molecule has 0 spiro atoms. The minimum atomic E-state index is -0.400. The molecule has 3 aromatic rings. The van der Waals surface area contributed by atoms with Crippen LogP contribution in [-0.2, 0) is 12.8 Å². The monoisotopic (exact) mass is 520 g/mol. The van der Waals surface area contributed by atoms with E-state index < -0.39 is 6.10 Å². The maximum atomic E-state index is 13.0. The van der Waals surface area contributed by atoms with E-state index in [1.165, 1.54) is 24.3 Å². The van der Waals surface area contributed by atoms with Gasteiger partial charge in [-0.05, 0) is 72.2 Å². The summed E-state index contributed by atoms with van der Waals surface area (Å²) in [5.74, 6) is 1.17. The highest BCUT2D eigenvalue weighted by Crippen LogP contribution is 2.25. The molecule has 0 aliphatic carbocycles. The van der Waals surface area contributed by atoms with E-state index in [-0.39, 0.29) is 35.5 Å². The fraction of sp³-hybridized carbons (Fsp3) is 0.353. The van der Waals surface area contributed by atoms with Gasteiger partial charge in [-0.25, -0.2) is 8.78 Å². The Morgan fingerprint density at radius 2 is 1.13 bits per heavy atom. The molecule has 0 unspecified atom stereocenters. The summed E-state index contributed by atoms with van der Waals surface area (Å²) < 4.78 is 31.9. The van der Waals surface area contributed by atoms with E-state index >= 15 is 0 Å². The lowest BCUT2D eigenvalue weighted by Crippen LogP contribution is -2.32. The molecule has 3 aromatic carbocycles. The van der Waals surface area contributed by atoms with Gasteiger partial charge in [0.2, 0.25) is 0 Å². The Hall–Kier alpha value is -3.24. The SMILES string of the molecule is C=C[C@H](Cc1ccc(F)cc1)[C@@H](O)C(C)C.C=C[C@H](Cc1ccc(F)cc1)[C@@H](Oc1ccccc1)C(C)C. The molecule has 4 atom stereocenters. The molecule has 0 aliphatic rings. The Morgan fingerprint density at radius 1 is 0.684 bits per heavy atom. The van der Waals surface area contributed by atoms with Crippen LogP contribution in [0.25, 0.3) is 0 Å². The molecule has 0 heterocycles. The van der Waals surface area contributed by atoms with Crippen LogP contribution in [-0.4, -0.2) is 17.3 Å². The fourth-order valence-electron chi connectivity index (χ4n) is 4.33. The highest BCUT2D eigenvalue weighted by Gasteiger charge is 2.24. The average molecular weight is 521 g/mol. The van der Waals surface area contributed by atoms with Gasteiger partial charge in [-0.15, -0.1) is 13.2 Å². The Labute approximate surface area is 227 Å². The summed E-state index contributed by atoms with van der Waals surface area (Å²) in [5.41, 5.74) is 2.11. The first-order valence-corrected chi connectivity index (χ1v) is 13.3. The third-order valence-electron chi connectivity index (χ3n) is 6.59.